The Hall–Kier alpha value is -4.85. The molecule has 0 bridgehead atoms. The minimum Gasteiger partial charge on any atom is -0.497 e. The molecule has 0 unspecified atom stereocenters. The number of esters is 1. The van der Waals surface area contributed by atoms with Crippen LogP contribution in [0.4, 0.5) is 5.69 Å². The van der Waals surface area contributed by atoms with Gasteiger partial charge in [0.15, 0.2) is 6.61 Å². The highest BCUT2D eigenvalue weighted by molar-refractivity contribution is 6.23. The Kier molecular flexibility index (Phi) is 9.01. The predicted molar refractivity (Wildman–Crippen MR) is 153 cm³/mol. The van der Waals surface area contributed by atoms with Crippen molar-refractivity contribution in [3.63, 3.8) is 0 Å². The Morgan fingerprint density at radius 2 is 1.60 bits per heavy atom. The van der Waals surface area contributed by atoms with Crippen molar-refractivity contribution in [2.75, 3.05) is 25.2 Å². The first-order chi connectivity index (χ1) is 19.3. The van der Waals surface area contributed by atoms with E-state index in [1.165, 1.54) is 4.90 Å². The molecule has 3 aromatic rings. The molecule has 1 atom stereocenters. The summed E-state index contributed by atoms with van der Waals surface area (Å²) < 4.78 is 16.1. The molecule has 8 nitrogen and oxygen atoms in total. The van der Waals surface area contributed by atoms with Gasteiger partial charge in [0, 0.05) is 11.4 Å². The van der Waals surface area contributed by atoms with Crippen molar-refractivity contribution in [1.29, 1.82) is 0 Å². The van der Waals surface area contributed by atoms with Crippen molar-refractivity contribution in [3.05, 3.63) is 107 Å². The van der Waals surface area contributed by atoms with Crippen LogP contribution in [0.2, 0.25) is 0 Å². The van der Waals surface area contributed by atoms with Gasteiger partial charge in [-0.05, 0) is 74.4 Å². The van der Waals surface area contributed by atoms with Crippen molar-refractivity contribution < 1.29 is 28.6 Å². The Labute approximate surface area is 233 Å². The van der Waals surface area contributed by atoms with Crippen LogP contribution in [-0.4, -0.2) is 38.1 Å². The van der Waals surface area contributed by atoms with Gasteiger partial charge in [0.05, 0.1) is 30.9 Å². The maximum absolute atomic E-state index is 13.5. The molecule has 1 aliphatic rings. The molecule has 0 radical (unpaired) electrons. The van der Waals surface area contributed by atoms with E-state index in [4.69, 9.17) is 14.2 Å². The topological polar surface area (TPSA) is 94.2 Å². The van der Waals surface area contributed by atoms with E-state index in [1.807, 2.05) is 37.3 Å². The number of rotatable bonds is 10. The first-order valence-corrected chi connectivity index (χ1v) is 13.0. The molecule has 4 rings (SSSR count). The number of allylic oxidation sites excluding steroid dienone is 1. The molecule has 0 fully saturated rings. The van der Waals surface area contributed by atoms with Gasteiger partial charge in [-0.3, -0.25) is 14.5 Å². The number of carbonyl (C=O) groups is 3. The van der Waals surface area contributed by atoms with E-state index < -0.39 is 5.97 Å². The van der Waals surface area contributed by atoms with Crippen LogP contribution in [-0.2, 0) is 19.1 Å². The standard InChI is InChI=1S/C32H32N2O6/c1-5-39-32(37)30-22(3)34(25-13-17-26(38-4)18-14-25)31(36)28(30)19-23-11-15-27(16-12-23)40-20-29(35)33-21(2)24-9-7-6-8-10-24/h6-19,21H,5,20H2,1-4H3,(H,33,35)/b28-19-/t21-/m0/s1. The number of carbonyl (C=O) groups excluding carboxylic acids is 3. The number of hydrogen-bond acceptors (Lipinski definition) is 6. The lowest BCUT2D eigenvalue weighted by molar-refractivity contribution is -0.138. The normalized spacial score (nSPS) is 14.8. The van der Waals surface area contributed by atoms with E-state index in [9.17, 15) is 14.4 Å². The largest absolute Gasteiger partial charge is 0.497 e. The molecule has 1 aliphatic heterocycles. The van der Waals surface area contributed by atoms with Gasteiger partial charge in [-0.25, -0.2) is 4.79 Å². The average molecular weight is 541 g/mol. The van der Waals surface area contributed by atoms with Crippen LogP contribution in [0.3, 0.4) is 0 Å². The van der Waals surface area contributed by atoms with Crippen molar-refractivity contribution in [1.82, 2.24) is 5.32 Å². The fraction of sp³-hybridized carbons (Fsp3) is 0.219. The van der Waals surface area contributed by atoms with Gasteiger partial charge < -0.3 is 19.5 Å². The van der Waals surface area contributed by atoms with Gasteiger partial charge in [0.1, 0.15) is 11.5 Å². The van der Waals surface area contributed by atoms with Crippen LogP contribution >= 0.6 is 0 Å². The lowest BCUT2D eigenvalue weighted by atomic mass is 10.0. The Morgan fingerprint density at radius 1 is 0.950 bits per heavy atom. The summed E-state index contributed by atoms with van der Waals surface area (Å²) in [6.45, 7) is 5.40. The molecule has 1 N–H and O–H groups in total. The lowest BCUT2D eigenvalue weighted by Crippen LogP contribution is -2.31. The second kappa shape index (κ2) is 12.8. The van der Waals surface area contributed by atoms with Crippen LogP contribution in [0.1, 0.15) is 37.9 Å². The van der Waals surface area contributed by atoms with Gasteiger partial charge in [-0.1, -0.05) is 42.5 Å². The third kappa shape index (κ3) is 6.40. The first-order valence-electron chi connectivity index (χ1n) is 13.0. The van der Waals surface area contributed by atoms with Gasteiger partial charge >= 0.3 is 5.97 Å². The molecule has 8 heteroatoms. The van der Waals surface area contributed by atoms with Crippen LogP contribution < -0.4 is 19.7 Å². The van der Waals surface area contributed by atoms with Crippen LogP contribution in [0, 0.1) is 0 Å². The van der Waals surface area contributed by atoms with Gasteiger partial charge in [-0.2, -0.15) is 0 Å². The quantitative estimate of drug-likeness (QED) is 0.280. The van der Waals surface area contributed by atoms with Crippen molar-refractivity contribution in [3.8, 4) is 11.5 Å². The molecule has 0 saturated carbocycles. The highest BCUT2D eigenvalue weighted by Crippen LogP contribution is 2.36. The zero-order chi connectivity index (χ0) is 28.6. The number of benzene rings is 3. The molecule has 206 valence electrons. The molecule has 1 heterocycles. The van der Waals surface area contributed by atoms with E-state index in [-0.39, 0.29) is 42.2 Å². The zero-order valence-corrected chi connectivity index (χ0v) is 23.0. The van der Waals surface area contributed by atoms with Crippen molar-refractivity contribution >= 4 is 29.5 Å². The summed E-state index contributed by atoms with van der Waals surface area (Å²) in [4.78, 5) is 40.3. The van der Waals surface area contributed by atoms with Gasteiger partial charge in [-0.15, -0.1) is 0 Å². The van der Waals surface area contributed by atoms with E-state index in [0.29, 0.717) is 28.4 Å². The van der Waals surface area contributed by atoms with Crippen LogP contribution in [0.25, 0.3) is 6.08 Å². The monoisotopic (exact) mass is 540 g/mol. The minimum absolute atomic E-state index is 0.137. The van der Waals surface area contributed by atoms with Crippen molar-refractivity contribution in [2.45, 2.75) is 26.8 Å². The van der Waals surface area contributed by atoms with Crippen LogP contribution in [0.5, 0.6) is 11.5 Å². The Bertz CT molecular complexity index is 1430. The average Bonchev–Trinajstić information content (AvgIpc) is 3.21. The fourth-order valence-electron chi connectivity index (χ4n) is 4.41. The molecule has 0 aliphatic carbocycles. The second-order valence-corrected chi connectivity index (χ2v) is 9.14. The van der Waals surface area contributed by atoms with Gasteiger partial charge in [0.2, 0.25) is 0 Å². The summed E-state index contributed by atoms with van der Waals surface area (Å²) in [6, 6.07) is 23.5. The summed E-state index contributed by atoms with van der Waals surface area (Å²) >= 11 is 0. The molecule has 0 saturated heterocycles. The Balaban J connectivity index is 1.49. The number of nitrogens with zero attached hydrogens (tertiary/aromatic N) is 1. The lowest BCUT2D eigenvalue weighted by Gasteiger charge is -2.18. The molecule has 0 spiro atoms. The summed E-state index contributed by atoms with van der Waals surface area (Å²) in [7, 11) is 1.57. The number of nitrogens with one attached hydrogen (secondary N) is 1. The number of anilines is 1. The first kappa shape index (κ1) is 28.2. The summed E-state index contributed by atoms with van der Waals surface area (Å²) in [5.41, 5.74) is 3.23. The predicted octanol–water partition coefficient (Wildman–Crippen LogP) is 5.22. The maximum Gasteiger partial charge on any atom is 0.340 e. The number of hydrogen-bond donors (Lipinski definition) is 1. The number of ether oxygens (including phenoxy) is 3. The third-order valence-electron chi connectivity index (χ3n) is 6.45. The second-order valence-electron chi connectivity index (χ2n) is 9.14. The molecular weight excluding hydrogens is 508 g/mol. The van der Waals surface area contributed by atoms with E-state index >= 15 is 0 Å². The summed E-state index contributed by atoms with van der Waals surface area (Å²) in [5, 5.41) is 2.91. The minimum atomic E-state index is -0.564. The highest BCUT2D eigenvalue weighted by Gasteiger charge is 2.38. The third-order valence-corrected chi connectivity index (χ3v) is 6.45. The molecule has 3 aromatic carbocycles. The SMILES string of the molecule is CCOC(=O)C1=C(C)N(c2ccc(OC)cc2)C(=O)/C1=C\c1ccc(OCC(=O)N[C@@H](C)c2ccccc2)cc1. The molecule has 0 aromatic heterocycles. The molecular formula is C32H32N2O6. The van der Waals surface area contributed by atoms with E-state index in [0.717, 1.165) is 5.56 Å². The van der Waals surface area contributed by atoms with E-state index in [1.54, 1.807) is 75.6 Å². The van der Waals surface area contributed by atoms with Gasteiger partial charge in [0.25, 0.3) is 11.8 Å². The number of methoxy groups -OCH3 is 1. The molecule has 2 amide bonds. The fourth-order valence-corrected chi connectivity index (χ4v) is 4.41. The summed E-state index contributed by atoms with van der Waals surface area (Å²) in [5.74, 6) is 0.0162. The Morgan fingerprint density at radius 3 is 2.23 bits per heavy atom. The zero-order valence-electron chi connectivity index (χ0n) is 23.0. The maximum atomic E-state index is 13.5. The molecule has 40 heavy (non-hydrogen) atoms. The van der Waals surface area contributed by atoms with E-state index in [2.05, 4.69) is 5.32 Å². The smallest absolute Gasteiger partial charge is 0.340 e. The summed E-state index contributed by atoms with van der Waals surface area (Å²) in [6.07, 6.45) is 1.65. The van der Waals surface area contributed by atoms with Crippen molar-refractivity contribution in [2.24, 2.45) is 0 Å². The highest BCUT2D eigenvalue weighted by atomic mass is 16.5. The van der Waals surface area contributed by atoms with Crippen LogP contribution in [0.15, 0.2) is 95.7 Å². The number of amides is 2.